The highest BCUT2D eigenvalue weighted by Gasteiger charge is 2.20. The molecule has 0 bridgehead atoms. The summed E-state index contributed by atoms with van der Waals surface area (Å²) in [7, 11) is 0. The number of anilines is 1. The van der Waals surface area contributed by atoms with Crippen LogP contribution in [-0.4, -0.2) is 26.4 Å². The number of hydrogen-bond acceptors (Lipinski definition) is 5. The number of benzene rings is 2. The summed E-state index contributed by atoms with van der Waals surface area (Å²) in [6, 6.07) is 14.8. The third-order valence-corrected chi connectivity index (χ3v) is 5.50. The van der Waals surface area contributed by atoms with Crippen LogP contribution in [-0.2, 0) is 11.3 Å². The van der Waals surface area contributed by atoms with E-state index in [9.17, 15) is 4.79 Å². The molecule has 1 N–H and O–H groups in total. The van der Waals surface area contributed by atoms with Crippen LogP contribution in [0.3, 0.4) is 0 Å². The van der Waals surface area contributed by atoms with E-state index >= 15 is 0 Å². The first-order chi connectivity index (χ1) is 14.5. The first-order valence-corrected chi connectivity index (χ1v) is 10.8. The number of allylic oxidation sites excluding steroid dienone is 1. The third kappa shape index (κ3) is 5.64. The number of hydrogen-bond donors (Lipinski definition) is 1. The quantitative estimate of drug-likeness (QED) is 0.360. The van der Waals surface area contributed by atoms with Gasteiger partial charge in [-0.25, -0.2) is 0 Å². The second-order valence-electron chi connectivity index (χ2n) is 6.61. The van der Waals surface area contributed by atoms with Gasteiger partial charge in [0.15, 0.2) is 17.1 Å². The number of amides is 1. The average Bonchev–Trinajstić information content (AvgIpc) is 3.13. The molecule has 0 aliphatic heterocycles. The van der Waals surface area contributed by atoms with Gasteiger partial charge in [-0.2, -0.15) is 0 Å². The van der Waals surface area contributed by atoms with Gasteiger partial charge >= 0.3 is 0 Å². The van der Waals surface area contributed by atoms with Gasteiger partial charge in [0.2, 0.25) is 5.91 Å². The second kappa shape index (κ2) is 10.3. The molecule has 0 radical (unpaired) electrons. The van der Waals surface area contributed by atoms with E-state index in [-0.39, 0.29) is 17.8 Å². The standard InChI is InChI=1S/C22H23ClN4O2S/c1-4-13-27-21(16(3)29-19-8-6-5-7-15(19)2)25-26-22(27)30-14-20(28)24-18-11-9-17(23)10-12-18/h4-12,16H,1,13-14H2,2-3H3,(H,24,28). The molecule has 6 nitrogen and oxygen atoms in total. The molecule has 0 spiro atoms. The van der Waals surface area contributed by atoms with Gasteiger partial charge in [-0.3, -0.25) is 9.36 Å². The zero-order valence-electron chi connectivity index (χ0n) is 16.8. The Balaban J connectivity index is 1.67. The minimum Gasteiger partial charge on any atom is -0.482 e. The van der Waals surface area contributed by atoms with Crippen LogP contribution in [0.2, 0.25) is 5.02 Å². The Labute approximate surface area is 185 Å². The van der Waals surface area contributed by atoms with E-state index < -0.39 is 0 Å². The van der Waals surface area contributed by atoms with Crippen LogP contribution < -0.4 is 10.1 Å². The van der Waals surface area contributed by atoms with Crippen molar-refractivity contribution in [3.05, 3.63) is 77.6 Å². The summed E-state index contributed by atoms with van der Waals surface area (Å²) in [4.78, 5) is 12.3. The molecule has 8 heteroatoms. The zero-order chi connectivity index (χ0) is 21.5. The van der Waals surface area contributed by atoms with Gasteiger partial charge in [0.25, 0.3) is 0 Å². The number of nitrogens with one attached hydrogen (secondary N) is 1. The molecule has 156 valence electrons. The molecule has 0 aliphatic rings. The van der Waals surface area contributed by atoms with Gasteiger partial charge in [-0.05, 0) is 49.7 Å². The molecule has 1 aromatic heterocycles. The lowest BCUT2D eigenvalue weighted by molar-refractivity contribution is -0.113. The zero-order valence-corrected chi connectivity index (χ0v) is 18.4. The monoisotopic (exact) mass is 442 g/mol. The fourth-order valence-electron chi connectivity index (χ4n) is 2.80. The lowest BCUT2D eigenvalue weighted by Gasteiger charge is -2.17. The van der Waals surface area contributed by atoms with Crippen LogP contribution in [0.5, 0.6) is 5.75 Å². The highest BCUT2D eigenvalue weighted by atomic mass is 35.5. The molecule has 1 heterocycles. The Kier molecular flexibility index (Phi) is 7.54. The number of para-hydroxylation sites is 1. The van der Waals surface area contributed by atoms with Crippen molar-refractivity contribution in [3.63, 3.8) is 0 Å². The number of ether oxygens (including phenoxy) is 1. The molecule has 1 amide bonds. The Morgan fingerprint density at radius 3 is 2.70 bits per heavy atom. The van der Waals surface area contributed by atoms with Crippen molar-refractivity contribution in [2.45, 2.75) is 31.7 Å². The third-order valence-electron chi connectivity index (χ3n) is 4.28. The van der Waals surface area contributed by atoms with Crippen LogP contribution in [0.15, 0.2) is 66.3 Å². The van der Waals surface area contributed by atoms with Gasteiger partial charge < -0.3 is 10.1 Å². The largest absolute Gasteiger partial charge is 0.482 e. The molecule has 3 rings (SSSR count). The maximum absolute atomic E-state index is 12.3. The molecule has 1 unspecified atom stereocenters. The van der Waals surface area contributed by atoms with Gasteiger partial charge in [0.05, 0.1) is 5.75 Å². The molecular weight excluding hydrogens is 420 g/mol. The summed E-state index contributed by atoms with van der Waals surface area (Å²) in [6.07, 6.45) is 1.46. The predicted octanol–water partition coefficient (Wildman–Crippen LogP) is 5.30. The van der Waals surface area contributed by atoms with Crippen molar-refractivity contribution in [1.82, 2.24) is 14.8 Å². The summed E-state index contributed by atoms with van der Waals surface area (Å²) in [5.74, 6) is 1.54. The van der Waals surface area contributed by atoms with Crippen LogP contribution >= 0.6 is 23.4 Å². The summed E-state index contributed by atoms with van der Waals surface area (Å²) in [5.41, 5.74) is 1.74. The lowest BCUT2D eigenvalue weighted by atomic mass is 10.2. The molecule has 0 saturated heterocycles. The van der Waals surface area contributed by atoms with E-state index in [2.05, 4.69) is 22.1 Å². The van der Waals surface area contributed by atoms with Crippen molar-refractivity contribution in [2.75, 3.05) is 11.1 Å². The molecule has 3 aromatic rings. The summed E-state index contributed by atoms with van der Waals surface area (Å²) in [6.45, 7) is 8.26. The number of nitrogens with zero attached hydrogens (tertiary/aromatic N) is 3. The fraction of sp³-hybridized carbons (Fsp3) is 0.227. The highest BCUT2D eigenvalue weighted by Crippen LogP contribution is 2.26. The SMILES string of the molecule is C=CCn1c(SCC(=O)Nc2ccc(Cl)cc2)nnc1C(C)Oc1ccccc1C. The number of carbonyl (C=O) groups excluding carboxylic acids is 1. The Hall–Kier alpha value is -2.77. The van der Waals surface area contributed by atoms with Crippen molar-refractivity contribution >= 4 is 35.0 Å². The number of thioether (sulfide) groups is 1. The van der Waals surface area contributed by atoms with Crippen molar-refractivity contribution < 1.29 is 9.53 Å². The molecule has 0 aliphatic carbocycles. The molecule has 2 aromatic carbocycles. The normalized spacial score (nSPS) is 11.7. The summed E-state index contributed by atoms with van der Waals surface area (Å²) >= 11 is 7.18. The Bertz CT molecular complexity index is 1020. The smallest absolute Gasteiger partial charge is 0.234 e. The fourth-order valence-corrected chi connectivity index (χ4v) is 3.68. The maximum Gasteiger partial charge on any atom is 0.234 e. The average molecular weight is 443 g/mol. The second-order valence-corrected chi connectivity index (χ2v) is 7.99. The van der Waals surface area contributed by atoms with Crippen molar-refractivity contribution in [1.29, 1.82) is 0 Å². The molecule has 1 atom stereocenters. The van der Waals surface area contributed by atoms with Crippen LogP contribution in [0.1, 0.15) is 24.4 Å². The number of carbonyl (C=O) groups is 1. The molecular formula is C22H23ClN4O2S. The van der Waals surface area contributed by atoms with E-state index in [0.29, 0.717) is 28.2 Å². The van der Waals surface area contributed by atoms with Gasteiger partial charge in [-0.15, -0.1) is 16.8 Å². The number of rotatable bonds is 9. The molecule has 0 fully saturated rings. The van der Waals surface area contributed by atoms with Crippen molar-refractivity contribution in [3.8, 4) is 5.75 Å². The van der Waals surface area contributed by atoms with Gasteiger partial charge in [0.1, 0.15) is 5.75 Å². The lowest BCUT2D eigenvalue weighted by Crippen LogP contribution is -2.15. The van der Waals surface area contributed by atoms with Gasteiger partial charge in [-0.1, -0.05) is 47.6 Å². The van der Waals surface area contributed by atoms with E-state index in [0.717, 1.165) is 11.3 Å². The van der Waals surface area contributed by atoms with Crippen LogP contribution in [0.25, 0.3) is 0 Å². The highest BCUT2D eigenvalue weighted by molar-refractivity contribution is 7.99. The van der Waals surface area contributed by atoms with E-state index in [1.165, 1.54) is 11.8 Å². The summed E-state index contributed by atoms with van der Waals surface area (Å²) in [5, 5.41) is 12.7. The summed E-state index contributed by atoms with van der Waals surface area (Å²) < 4.78 is 8.00. The Morgan fingerprint density at radius 2 is 2.00 bits per heavy atom. The first-order valence-electron chi connectivity index (χ1n) is 9.42. The molecule has 0 saturated carbocycles. The number of aryl methyl sites for hydroxylation is 1. The minimum atomic E-state index is -0.309. The predicted molar refractivity (Wildman–Crippen MR) is 121 cm³/mol. The Morgan fingerprint density at radius 1 is 1.27 bits per heavy atom. The number of halogens is 1. The van der Waals surface area contributed by atoms with Crippen LogP contribution in [0, 0.1) is 6.92 Å². The topological polar surface area (TPSA) is 69.0 Å². The first kappa shape index (κ1) is 21.9. The van der Waals surface area contributed by atoms with E-state index in [4.69, 9.17) is 16.3 Å². The minimum absolute atomic E-state index is 0.138. The van der Waals surface area contributed by atoms with Gasteiger partial charge in [0, 0.05) is 17.3 Å². The molecule has 30 heavy (non-hydrogen) atoms. The van der Waals surface area contributed by atoms with Crippen molar-refractivity contribution in [2.24, 2.45) is 0 Å². The van der Waals surface area contributed by atoms with E-state index in [1.807, 2.05) is 42.7 Å². The number of aromatic nitrogens is 3. The van der Waals surface area contributed by atoms with E-state index in [1.54, 1.807) is 30.3 Å². The maximum atomic E-state index is 12.3. The van der Waals surface area contributed by atoms with Crippen LogP contribution in [0.4, 0.5) is 5.69 Å².